The SMILES string of the molecule is [c]1nc2scnn2n1. The van der Waals surface area contributed by atoms with Gasteiger partial charge in [-0.05, 0) is 0 Å². The summed E-state index contributed by atoms with van der Waals surface area (Å²) in [5.74, 6) is 0. The Bertz CT molecular complexity index is 233. The molecule has 8 heavy (non-hydrogen) atoms. The number of aromatic nitrogens is 4. The first kappa shape index (κ1) is 3.96. The molecule has 0 saturated heterocycles. The van der Waals surface area contributed by atoms with Gasteiger partial charge in [0.05, 0.1) is 0 Å². The monoisotopic (exact) mass is 125 g/mol. The number of rotatable bonds is 0. The quantitative estimate of drug-likeness (QED) is 0.497. The molecule has 0 spiro atoms. The normalized spacial score (nSPS) is 10.5. The maximum atomic E-state index is 3.81. The van der Waals surface area contributed by atoms with Crippen LogP contribution in [-0.4, -0.2) is 19.8 Å². The van der Waals surface area contributed by atoms with E-state index in [1.807, 2.05) is 0 Å². The Hall–Kier alpha value is -0.970. The van der Waals surface area contributed by atoms with E-state index in [2.05, 4.69) is 21.5 Å². The third-order valence-electron chi connectivity index (χ3n) is 0.771. The molecule has 39 valence electrons. The third kappa shape index (κ3) is 0.362. The number of hydrogen-bond donors (Lipinski definition) is 0. The summed E-state index contributed by atoms with van der Waals surface area (Å²) in [5, 5.41) is 7.47. The summed E-state index contributed by atoms with van der Waals surface area (Å²) in [6.07, 6.45) is 2.43. The van der Waals surface area contributed by atoms with Gasteiger partial charge in [-0.25, -0.2) is 0 Å². The first-order valence-corrected chi connectivity index (χ1v) is 2.87. The van der Waals surface area contributed by atoms with Crippen LogP contribution in [0.25, 0.3) is 4.96 Å². The Balaban J connectivity index is 3.06. The predicted octanol–water partition coefficient (Wildman–Crippen LogP) is -0.0140. The molecule has 0 bridgehead atoms. The van der Waals surface area contributed by atoms with Crippen molar-refractivity contribution in [2.45, 2.75) is 0 Å². The van der Waals surface area contributed by atoms with Gasteiger partial charge in [-0.2, -0.15) is 4.98 Å². The van der Waals surface area contributed by atoms with Crippen LogP contribution in [0, 0.1) is 6.33 Å². The lowest BCUT2D eigenvalue weighted by atomic mass is 11.3. The molecule has 0 aliphatic rings. The molecule has 4 nitrogen and oxygen atoms in total. The molecule has 2 aromatic rings. The first-order chi connectivity index (χ1) is 3.97. The van der Waals surface area contributed by atoms with Crippen molar-refractivity contribution in [2.75, 3.05) is 0 Å². The zero-order valence-electron chi connectivity index (χ0n) is 3.77. The fourth-order valence-corrected chi connectivity index (χ4v) is 0.966. The van der Waals surface area contributed by atoms with E-state index in [4.69, 9.17) is 0 Å². The second kappa shape index (κ2) is 1.25. The van der Waals surface area contributed by atoms with E-state index >= 15 is 0 Å². The summed E-state index contributed by atoms with van der Waals surface area (Å²) in [6.45, 7) is 0. The second-order valence-corrected chi connectivity index (χ2v) is 2.03. The molecule has 5 heteroatoms. The van der Waals surface area contributed by atoms with Crippen LogP contribution in [-0.2, 0) is 0 Å². The maximum Gasteiger partial charge on any atom is 0.233 e. The second-order valence-electron chi connectivity index (χ2n) is 1.22. The lowest BCUT2D eigenvalue weighted by Gasteiger charge is -1.67. The van der Waals surface area contributed by atoms with Gasteiger partial charge < -0.3 is 0 Å². The van der Waals surface area contributed by atoms with Gasteiger partial charge in [0.25, 0.3) is 0 Å². The van der Waals surface area contributed by atoms with E-state index in [1.54, 1.807) is 5.51 Å². The summed E-state index contributed by atoms with van der Waals surface area (Å²) in [6, 6.07) is 0. The molecule has 1 radical (unpaired) electrons. The molecule has 0 atom stereocenters. The molecule has 2 heterocycles. The molecule has 2 aromatic heterocycles. The van der Waals surface area contributed by atoms with Crippen molar-refractivity contribution in [2.24, 2.45) is 0 Å². The standard InChI is InChI=1S/C3HN4S/c1-4-3-7(5-1)6-2-8-3/h2H. The Kier molecular flexibility index (Phi) is 0.621. The first-order valence-electron chi connectivity index (χ1n) is 1.99. The third-order valence-corrected chi connectivity index (χ3v) is 1.44. The largest absolute Gasteiger partial charge is 0.233 e. The molecule has 0 N–H and O–H groups in total. The highest BCUT2D eigenvalue weighted by Gasteiger charge is 1.92. The molecule has 2 rings (SSSR count). The summed E-state index contributed by atoms with van der Waals surface area (Å²) >= 11 is 1.44. The van der Waals surface area contributed by atoms with E-state index in [-0.39, 0.29) is 0 Å². The Morgan fingerprint density at radius 1 is 1.75 bits per heavy atom. The number of nitrogens with zero attached hydrogens (tertiary/aromatic N) is 4. The fraction of sp³-hybridized carbons (Fsp3) is 0. The van der Waals surface area contributed by atoms with Crippen LogP contribution >= 0.6 is 11.3 Å². The van der Waals surface area contributed by atoms with Crippen LogP contribution in [0.4, 0.5) is 0 Å². The number of fused-ring (bicyclic) bond motifs is 1. The average molecular weight is 125 g/mol. The Labute approximate surface area is 48.8 Å². The Morgan fingerprint density at radius 2 is 2.75 bits per heavy atom. The molecule has 0 fully saturated rings. The summed E-state index contributed by atoms with van der Waals surface area (Å²) in [4.78, 5) is 4.54. The zero-order valence-corrected chi connectivity index (χ0v) is 4.59. The molecule has 0 aromatic carbocycles. The molecule has 0 amide bonds. The minimum atomic E-state index is 0.782. The van der Waals surface area contributed by atoms with E-state index < -0.39 is 0 Å². The van der Waals surface area contributed by atoms with Crippen molar-refractivity contribution < 1.29 is 0 Å². The van der Waals surface area contributed by atoms with Crippen LogP contribution in [0.2, 0.25) is 0 Å². The van der Waals surface area contributed by atoms with Crippen LogP contribution in [0.3, 0.4) is 0 Å². The van der Waals surface area contributed by atoms with Gasteiger partial charge in [0.15, 0.2) is 0 Å². The minimum Gasteiger partial charge on any atom is -0.193 e. The van der Waals surface area contributed by atoms with Gasteiger partial charge in [-0.1, -0.05) is 11.3 Å². The molecule has 0 aliphatic heterocycles. The highest BCUT2D eigenvalue weighted by Crippen LogP contribution is 2.00. The van der Waals surface area contributed by atoms with E-state index in [0.29, 0.717) is 0 Å². The smallest absolute Gasteiger partial charge is 0.193 e. The average Bonchev–Trinajstić information content (AvgIpc) is 2.15. The summed E-state index contributed by atoms with van der Waals surface area (Å²) < 4.78 is 1.44. The van der Waals surface area contributed by atoms with E-state index in [0.717, 1.165) is 4.96 Å². The van der Waals surface area contributed by atoms with Gasteiger partial charge >= 0.3 is 0 Å². The summed E-state index contributed by atoms with van der Waals surface area (Å²) in [5.41, 5.74) is 1.68. The van der Waals surface area contributed by atoms with Crippen molar-refractivity contribution in [3.63, 3.8) is 0 Å². The fourth-order valence-electron chi connectivity index (χ4n) is 0.459. The van der Waals surface area contributed by atoms with Crippen molar-refractivity contribution in [1.82, 2.24) is 19.8 Å². The molecular formula is C3HN4S. The van der Waals surface area contributed by atoms with Gasteiger partial charge in [0.2, 0.25) is 11.3 Å². The highest BCUT2D eigenvalue weighted by atomic mass is 32.1. The lowest BCUT2D eigenvalue weighted by molar-refractivity contribution is 0.818. The van der Waals surface area contributed by atoms with Gasteiger partial charge in [-0.3, -0.25) is 0 Å². The topological polar surface area (TPSA) is 43.1 Å². The van der Waals surface area contributed by atoms with E-state index in [1.165, 1.54) is 16.0 Å². The lowest BCUT2D eigenvalue weighted by Crippen LogP contribution is -1.81. The molecule has 0 aliphatic carbocycles. The summed E-state index contributed by atoms with van der Waals surface area (Å²) in [7, 11) is 0. The van der Waals surface area contributed by atoms with Gasteiger partial charge in [0, 0.05) is 0 Å². The van der Waals surface area contributed by atoms with Crippen molar-refractivity contribution in [1.29, 1.82) is 0 Å². The molecular weight excluding hydrogens is 124 g/mol. The Morgan fingerprint density at radius 3 is 3.62 bits per heavy atom. The predicted molar refractivity (Wildman–Crippen MR) is 27.5 cm³/mol. The van der Waals surface area contributed by atoms with Crippen LogP contribution in [0.15, 0.2) is 5.51 Å². The van der Waals surface area contributed by atoms with Crippen LogP contribution in [0.1, 0.15) is 0 Å². The van der Waals surface area contributed by atoms with Crippen molar-refractivity contribution in [3.8, 4) is 0 Å². The van der Waals surface area contributed by atoms with E-state index in [9.17, 15) is 0 Å². The zero-order chi connectivity index (χ0) is 5.40. The number of hydrogen-bond acceptors (Lipinski definition) is 4. The molecule has 0 unspecified atom stereocenters. The van der Waals surface area contributed by atoms with Crippen LogP contribution < -0.4 is 0 Å². The van der Waals surface area contributed by atoms with Crippen molar-refractivity contribution in [3.05, 3.63) is 11.8 Å². The highest BCUT2D eigenvalue weighted by molar-refractivity contribution is 7.14. The van der Waals surface area contributed by atoms with Crippen molar-refractivity contribution >= 4 is 16.3 Å². The maximum absolute atomic E-state index is 3.81. The molecule has 0 saturated carbocycles. The van der Waals surface area contributed by atoms with Crippen LogP contribution in [0.5, 0.6) is 0 Å². The minimum absolute atomic E-state index is 0.782. The van der Waals surface area contributed by atoms with Gasteiger partial charge in [0.1, 0.15) is 5.51 Å². The van der Waals surface area contributed by atoms with Gasteiger partial charge in [-0.15, -0.1) is 14.8 Å².